The molecule has 0 aliphatic carbocycles. The minimum absolute atomic E-state index is 0.0540. The van der Waals surface area contributed by atoms with Crippen LogP contribution >= 0.6 is 0 Å². The Kier molecular flexibility index (Phi) is 16.7. The van der Waals surface area contributed by atoms with Crippen LogP contribution in [0.3, 0.4) is 0 Å². The van der Waals surface area contributed by atoms with Crippen LogP contribution in [0, 0.1) is 0 Å². The van der Waals surface area contributed by atoms with E-state index >= 15 is 0 Å². The van der Waals surface area contributed by atoms with Crippen LogP contribution in [0.5, 0.6) is 0 Å². The molecule has 0 aromatic heterocycles. The van der Waals surface area contributed by atoms with Gasteiger partial charge in [-0.2, -0.15) is 0 Å². The first-order chi connectivity index (χ1) is 13.8. The van der Waals surface area contributed by atoms with Crippen molar-refractivity contribution in [1.82, 2.24) is 10.2 Å². The van der Waals surface area contributed by atoms with E-state index in [1.165, 1.54) is 13.8 Å². The third-order valence-electron chi connectivity index (χ3n) is 3.50. The number of nitrogens with two attached hydrogens (primary N) is 1. The van der Waals surface area contributed by atoms with Crippen molar-refractivity contribution in [2.24, 2.45) is 5.73 Å². The number of carbonyl (C=O) groups is 4. The van der Waals surface area contributed by atoms with Crippen LogP contribution in [0.2, 0.25) is 0 Å². The van der Waals surface area contributed by atoms with Crippen molar-refractivity contribution in [3.05, 3.63) is 0 Å². The summed E-state index contributed by atoms with van der Waals surface area (Å²) >= 11 is 0. The number of primary amides is 1. The molecule has 0 saturated carbocycles. The highest BCUT2D eigenvalue weighted by molar-refractivity contribution is 5.93. The normalized spacial score (nSPS) is 10.6. The van der Waals surface area contributed by atoms with Gasteiger partial charge >= 0.3 is 0 Å². The van der Waals surface area contributed by atoms with Crippen molar-refractivity contribution in [1.29, 1.82) is 0 Å². The molecule has 3 N–H and O–H groups in total. The van der Waals surface area contributed by atoms with Gasteiger partial charge in [-0.1, -0.05) is 0 Å². The molecule has 29 heavy (non-hydrogen) atoms. The van der Waals surface area contributed by atoms with Crippen LogP contribution in [-0.4, -0.2) is 94.5 Å². The molecule has 0 fully saturated rings. The number of nitrogens with zero attached hydrogens (tertiary/aromatic N) is 1. The molecule has 0 rings (SSSR count). The van der Waals surface area contributed by atoms with Crippen molar-refractivity contribution in [3.63, 3.8) is 0 Å². The Morgan fingerprint density at radius 3 is 1.62 bits per heavy atom. The highest BCUT2D eigenvalue weighted by atomic mass is 16.6. The first kappa shape index (κ1) is 26.9. The van der Waals surface area contributed by atoms with E-state index in [0.717, 1.165) is 4.90 Å². The minimum Gasteiger partial charge on any atom is -0.379 e. The molecule has 0 aromatic rings. The molecule has 0 saturated heterocycles. The predicted molar refractivity (Wildman–Crippen MR) is 103 cm³/mol. The molecule has 4 amide bonds. The summed E-state index contributed by atoms with van der Waals surface area (Å²) in [5, 5.41) is 2.65. The standard InChI is InChI=1S/C18H33N3O8/c1-15(22)21(16(2)23)6-3-18(25)20-5-8-27-10-12-29-14-13-28-11-9-26-7-4-17(19)24/h3-14H2,1-2H3,(H2,19,24)(H,20,25). The fourth-order valence-electron chi connectivity index (χ4n) is 2.04. The van der Waals surface area contributed by atoms with E-state index in [1.807, 2.05) is 0 Å². The number of ether oxygens (including phenoxy) is 4. The van der Waals surface area contributed by atoms with Crippen LogP contribution in [0.15, 0.2) is 0 Å². The molecule has 168 valence electrons. The first-order valence-electron chi connectivity index (χ1n) is 9.49. The van der Waals surface area contributed by atoms with Gasteiger partial charge in [-0.15, -0.1) is 0 Å². The van der Waals surface area contributed by atoms with Gasteiger partial charge in [0.2, 0.25) is 23.6 Å². The van der Waals surface area contributed by atoms with Gasteiger partial charge in [-0.05, 0) is 0 Å². The fraction of sp³-hybridized carbons (Fsp3) is 0.778. The highest BCUT2D eigenvalue weighted by Gasteiger charge is 2.14. The van der Waals surface area contributed by atoms with Crippen LogP contribution in [0.4, 0.5) is 0 Å². The van der Waals surface area contributed by atoms with Gasteiger partial charge in [-0.3, -0.25) is 24.1 Å². The fourth-order valence-corrected chi connectivity index (χ4v) is 2.04. The smallest absolute Gasteiger partial charge is 0.226 e. The van der Waals surface area contributed by atoms with E-state index in [-0.39, 0.29) is 37.1 Å². The lowest BCUT2D eigenvalue weighted by Gasteiger charge is -2.16. The maximum Gasteiger partial charge on any atom is 0.226 e. The van der Waals surface area contributed by atoms with Crippen molar-refractivity contribution in [3.8, 4) is 0 Å². The van der Waals surface area contributed by atoms with Crippen LogP contribution in [0.1, 0.15) is 26.7 Å². The van der Waals surface area contributed by atoms with E-state index in [2.05, 4.69) is 5.32 Å². The summed E-state index contributed by atoms with van der Waals surface area (Å²) in [5.74, 6) is -1.41. The van der Waals surface area contributed by atoms with Crippen molar-refractivity contribution in [2.75, 3.05) is 65.9 Å². The molecule has 0 aromatic carbocycles. The number of hydrogen-bond donors (Lipinski definition) is 2. The molecular weight excluding hydrogens is 386 g/mol. The third kappa shape index (κ3) is 17.7. The Labute approximate surface area is 171 Å². The zero-order valence-electron chi connectivity index (χ0n) is 17.3. The highest BCUT2D eigenvalue weighted by Crippen LogP contribution is 1.94. The average Bonchev–Trinajstić information content (AvgIpc) is 2.64. The molecule has 0 atom stereocenters. The zero-order valence-corrected chi connectivity index (χ0v) is 17.3. The van der Waals surface area contributed by atoms with Crippen LogP contribution < -0.4 is 11.1 Å². The number of carbonyl (C=O) groups excluding carboxylic acids is 4. The quantitative estimate of drug-likeness (QED) is 0.264. The Bertz CT molecular complexity index is 487. The molecule has 0 unspecified atom stereocenters. The van der Waals surface area contributed by atoms with Gasteiger partial charge in [0.1, 0.15) is 0 Å². The van der Waals surface area contributed by atoms with Gasteiger partial charge in [0.25, 0.3) is 0 Å². The third-order valence-corrected chi connectivity index (χ3v) is 3.50. The van der Waals surface area contributed by atoms with Crippen molar-refractivity contribution < 1.29 is 38.1 Å². The second-order valence-corrected chi connectivity index (χ2v) is 5.96. The Balaban J connectivity index is 3.36. The predicted octanol–water partition coefficient (Wildman–Crippen LogP) is -1.17. The zero-order chi connectivity index (χ0) is 21.9. The van der Waals surface area contributed by atoms with Gasteiger partial charge in [0.15, 0.2) is 0 Å². The summed E-state index contributed by atoms with van der Waals surface area (Å²) in [6.45, 7) is 6.02. The van der Waals surface area contributed by atoms with Gasteiger partial charge in [0, 0.05) is 39.8 Å². The summed E-state index contributed by atoms with van der Waals surface area (Å²) in [6, 6.07) is 0. The van der Waals surface area contributed by atoms with Crippen LogP contribution in [0.25, 0.3) is 0 Å². The molecule has 0 spiro atoms. The topological polar surface area (TPSA) is 146 Å². The van der Waals surface area contributed by atoms with Gasteiger partial charge in [-0.25, -0.2) is 0 Å². The average molecular weight is 419 g/mol. The second kappa shape index (κ2) is 18.0. The lowest BCUT2D eigenvalue weighted by Crippen LogP contribution is -2.37. The molecule has 11 heteroatoms. The van der Waals surface area contributed by atoms with E-state index in [0.29, 0.717) is 59.4 Å². The molecule has 0 radical (unpaired) electrons. The summed E-state index contributed by atoms with van der Waals surface area (Å²) < 4.78 is 21.1. The lowest BCUT2D eigenvalue weighted by atomic mass is 10.3. The molecule has 0 heterocycles. The number of nitrogens with one attached hydrogen (secondary N) is 1. The minimum atomic E-state index is -0.394. The number of rotatable bonds is 18. The monoisotopic (exact) mass is 419 g/mol. The largest absolute Gasteiger partial charge is 0.379 e. The van der Waals surface area contributed by atoms with E-state index in [4.69, 9.17) is 24.7 Å². The molecular formula is C18H33N3O8. The van der Waals surface area contributed by atoms with Crippen LogP contribution in [-0.2, 0) is 38.1 Å². The first-order valence-corrected chi connectivity index (χ1v) is 9.49. The Hall–Kier alpha value is -2.08. The van der Waals surface area contributed by atoms with Gasteiger partial charge in [0.05, 0.1) is 52.9 Å². The van der Waals surface area contributed by atoms with E-state index in [1.54, 1.807) is 0 Å². The summed E-state index contributed by atoms with van der Waals surface area (Å²) in [4.78, 5) is 45.6. The second-order valence-electron chi connectivity index (χ2n) is 5.96. The molecule has 0 bridgehead atoms. The number of amides is 4. The number of hydrogen-bond acceptors (Lipinski definition) is 8. The molecule has 0 aliphatic heterocycles. The van der Waals surface area contributed by atoms with Crippen molar-refractivity contribution in [2.45, 2.75) is 26.7 Å². The van der Waals surface area contributed by atoms with Gasteiger partial charge < -0.3 is 30.0 Å². The molecule has 0 aliphatic rings. The maximum absolute atomic E-state index is 11.7. The van der Waals surface area contributed by atoms with E-state index in [9.17, 15) is 19.2 Å². The van der Waals surface area contributed by atoms with Crippen molar-refractivity contribution >= 4 is 23.6 Å². The van der Waals surface area contributed by atoms with E-state index < -0.39 is 5.91 Å². The Morgan fingerprint density at radius 1 is 0.724 bits per heavy atom. The maximum atomic E-state index is 11.7. The molecule has 11 nitrogen and oxygen atoms in total. The summed E-state index contributed by atoms with van der Waals surface area (Å²) in [5.41, 5.74) is 4.98. The summed E-state index contributed by atoms with van der Waals surface area (Å²) in [7, 11) is 0. The number of imide groups is 1. The SMILES string of the molecule is CC(=O)N(CCC(=O)NCCOCCOCCOCCOCCC(N)=O)C(C)=O. The lowest BCUT2D eigenvalue weighted by molar-refractivity contribution is -0.142. The Morgan fingerprint density at radius 2 is 1.17 bits per heavy atom. The summed E-state index contributed by atoms with van der Waals surface area (Å²) in [6.07, 6.45) is 0.254.